The molecule has 1 aliphatic rings. The Kier molecular flexibility index (Phi) is 4.87. The summed E-state index contributed by atoms with van der Waals surface area (Å²) in [5, 5.41) is 11.4. The maximum Gasteiger partial charge on any atom is 0.290 e. The second-order valence-electron chi connectivity index (χ2n) is 7.35. The van der Waals surface area contributed by atoms with Crippen LogP contribution < -0.4 is 5.43 Å². The quantitative estimate of drug-likeness (QED) is 0.473. The van der Waals surface area contributed by atoms with Gasteiger partial charge in [0.15, 0.2) is 5.43 Å². The average molecular weight is 408 g/mol. The van der Waals surface area contributed by atoms with Crippen molar-refractivity contribution in [2.45, 2.75) is 19.9 Å². The second-order valence-corrected chi connectivity index (χ2v) is 7.35. The van der Waals surface area contributed by atoms with Crippen molar-refractivity contribution >= 4 is 22.6 Å². The Hall–Kier alpha value is -3.52. The van der Waals surface area contributed by atoms with Crippen molar-refractivity contribution in [1.82, 2.24) is 4.90 Å². The molecular formula is C22H20N2O6. The first-order valence-electron chi connectivity index (χ1n) is 9.45. The van der Waals surface area contributed by atoms with Gasteiger partial charge in [-0.05, 0) is 54.8 Å². The molecule has 1 aliphatic heterocycles. The van der Waals surface area contributed by atoms with E-state index in [0.29, 0.717) is 16.5 Å². The van der Waals surface area contributed by atoms with Gasteiger partial charge in [0.2, 0.25) is 5.76 Å². The molecule has 2 aromatic carbocycles. The van der Waals surface area contributed by atoms with Gasteiger partial charge >= 0.3 is 0 Å². The van der Waals surface area contributed by atoms with Crippen molar-refractivity contribution in [2.75, 3.05) is 20.3 Å². The molecule has 4 rings (SSSR count). The maximum absolute atomic E-state index is 13.4. The molecule has 0 aliphatic carbocycles. The summed E-state index contributed by atoms with van der Waals surface area (Å²) < 4.78 is 11.0. The number of fused-ring (bicyclic) bond motifs is 2. The van der Waals surface area contributed by atoms with Crippen LogP contribution in [0.4, 0.5) is 5.69 Å². The molecule has 1 aromatic heterocycles. The molecular weight excluding hydrogens is 388 g/mol. The Morgan fingerprint density at radius 1 is 1.13 bits per heavy atom. The molecule has 0 N–H and O–H groups in total. The Bertz CT molecular complexity index is 1230. The van der Waals surface area contributed by atoms with Crippen LogP contribution in [-0.4, -0.2) is 36.0 Å². The van der Waals surface area contributed by atoms with Gasteiger partial charge in [-0.3, -0.25) is 19.7 Å². The van der Waals surface area contributed by atoms with E-state index in [9.17, 15) is 19.7 Å². The maximum atomic E-state index is 13.4. The lowest BCUT2D eigenvalue weighted by molar-refractivity contribution is -0.384. The highest BCUT2D eigenvalue weighted by molar-refractivity contribution is 5.99. The molecule has 154 valence electrons. The molecule has 1 unspecified atom stereocenters. The van der Waals surface area contributed by atoms with Gasteiger partial charge in [0, 0.05) is 25.8 Å². The third kappa shape index (κ3) is 3.05. The number of amides is 1. The van der Waals surface area contributed by atoms with Crippen LogP contribution in [0.15, 0.2) is 45.6 Å². The monoisotopic (exact) mass is 408 g/mol. The van der Waals surface area contributed by atoms with Crippen LogP contribution in [0.2, 0.25) is 0 Å². The summed E-state index contributed by atoms with van der Waals surface area (Å²) in [7, 11) is 1.53. The summed E-state index contributed by atoms with van der Waals surface area (Å²) in [6.07, 6.45) is 0. The molecule has 3 aromatic rings. The zero-order chi connectivity index (χ0) is 21.6. The Labute approximate surface area is 171 Å². The molecule has 1 amide bonds. The Morgan fingerprint density at radius 3 is 2.43 bits per heavy atom. The van der Waals surface area contributed by atoms with E-state index in [1.807, 2.05) is 13.8 Å². The van der Waals surface area contributed by atoms with E-state index >= 15 is 0 Å². The van der Waals surface area contributed by atoms with Crippen LogP contribution in [0.5, 0.6) is 0 Å². The van der Waals surface area contributed by atoms with Crippen molar-refractivity contribution in [3.63, 3.8) is 0 Å². The lowest BCUT2D eigenvalue weighted by Crippen LogP contribution is -2.32. The second kappa shape index (κ2) is 7.38. The molecule has 0 fully saturated rings. The standard InChI is InChI=1S/C22H20N2O6/c1-12-10-16-17(11-13(12)2)30-21-18(20(16)25)19(23(22(21)26)8-9-29-3)14-4-6-15(7-5-14)24(27)28/h4-7,10-11,19H,8-9H2,1-3H3. The largest absolute Gasteiger partial charge is 0.450 e. The Morgan fingerprint density at radius 2 is 1.80 bits per heavy atom. The minimum Gasteiger partial charge on any atom is -0.450 e. The number of non-ortho nitro benzene ring substituents is 1. The molecule has 1 atom stereocenters. The van der Waals surface area contributed by atoms with Crippen molar-refractivity contribution in [3.8, 4) is 0 Å². The minimum absolute atomic E-state index is 0.00945. The summed E-state index contributed by atoms with van der Waals surface area (Å²) in [6, 6.07) is 8.69. The number of hydrogen-bond acceptors (Lipinski definition) is 6. The zero-order valence-electron chi connectivity index (χ0n) is 16.8. The van der Waals surface area contributed by atoms with Gasteiger partial charge in [-0.2, -0.15) is 0 Å². The van der Waals surface area contributed by atoms with Crippen LogP contribution in [0.1, 0.15) is 38.9 Å². The fraction of sp³-hybridized carbons (Fsp3) is 0.273. The van der Waals surface area contributed by atoms with Crippen LogP contribution in [0, 0.1) is 24.0 Å². The highest BCUT2D eigenvalue weighted by Crippen LogP contribution is 2.38. The van der Waals surface area contributed by atoms with Crippen molar-refractivity contribution in [1.29, 1.82) is 0 Å². The van der Waals surface area contributed by atoms with Gasteiger partial charge in [0.1, 0.15) is 5.58 Å². The van der Waals surface area contributed by atoms with E-state index < -0.39 is 16.9 Å². The number of aryl methyl sites for hydroxylation is 2. The fourth-order valence-corrected chi connectivity index (χ4v) is 3.82. The van der Waals surface area contributed by atoms with Crippen molar-refractivity contribution in [2.24, 2.45) is 0 Å². The van der Waals surface area contributed by atoms with Crippen LogP contribution >= 0.6 is 0 Å². The molecule has 0 saturated carbocycles. The number of benzene rings is 2. The summed E-state index contributed by atoms with van der Waals surface area (Å²) in [5.41, 5.74) is 2.78. The Balaban J connectivity index is 1.95. The normalized spacial score (nSPS) is 15.6. The number of hydrogen-bond donors (Lipinski definition) is 0. The number of carbonyl (C=O) groups is 1. The molecule has 0 saturated heterocycles. The summed E-state index contributed by atoms with van der Waals surface area (Å²) in [6.45, 7) is 4.34. The van der Waals surface area contributed by atoms with Crippen LogP contribution in [0.3, 0.4) is 0 Å². The van der Waals surface area contributed by atoms with Gasteiger partial charge in [-0.1, -0.05) is 0 Å². The summed E-state index contributed by atoms with van der Waals surface area (Å²) in [5.74, 6) is -0.391. The third-order valence-electron chi connectivity index (χ3n) is 5.54. The van der Waals surface area contributed by atoms with Gasteiger partial charge < -0.3 is 14.1 Å². The average Bonchev–Trinajstić information content (AvgIpc) is 3.00. The first-order valence-corrected chi connectivity index (χ1v) is 9.45. The molecule has 0 bridgehead atoms. The topological polar surface area (TPSA) is 103 Å². The van der Waals surface area contributed by atoms with Gasteiger partial charge in [-0.15, -0.1) is 0 Å². The van der Waals surface area contributed by atoms with E-state index in [1.54, 1.807) is 24.3 Å². The molecule has 8 heteroatoms. The number of rotatable bonds is 5. The summed E-state index contributed by atoms with van der Waals surface area (Å²) >= 11 is 0. The van der Waals surface area contributed by atoms with E-state index in [2.05, 4.69) is 0 Å². The summed E-state index contributed by atoms with van der Waals surface area (Å²) in [4.78, 5) is 38.6. The number of nitro groups is 1. The number of nitro benzene ring substituents is 1. The number of carbonyl (C=O) groups excluding carboxylic acids is 1. The van der Waals surface area contributed by atoms with Gasteiger partial charge in [-0.25, -0.2) is 0 Å². The van der Waals surface area contributed by atoms with Crippen LogP contribution in [0.25, 0.3) is 11.0 Å². The SMILES string of the molecule is COCCN1C(=O)c2oc3cc(C)c(C)cc3c(=O)c2C1c1ccc([N+](=O)[O-])cc1. The molecule has 0 radical (unpaired) electrons. The smallest absolute Gasteiger partial charge is 0.290 e. The van der Waals surface area contributed by atoms with E-state index in [-0.39, 0.29) is 35.6 Å². The van der Waals surface area contributed by atoms with E-state index in [1.165, 1.54) is 24.1 Å². The van der Waals surface area contributed by atoms with Gasteiger partial charge in [0.25, 0.3) is 11.6 Å². The molecule has 0 spiro atoms. The third-order valence-corrected chi connectivity index (χ3v) is 5.54. The van der Waals surface area contributed by atoms with Crippen LogP contribution in [-0.2, 0) is 4.74 Å². The molecule has 2 heterocycles. The minimum atomic E-state index is -0.703. The first-order chi connectivity index (χ1) is 14.3. The fourth-order valence-electron chi connectivity index (χ4n) is 3.82. The highest BCUT2D eigenvalue weighted by atomic mass is 16.6. The molecule has 8 nitrogen and oxygen atoms in total. The number of ether oxygens (including phenoxy) is 1. The van der Waals surface area contributed by atoms with E-state index in [4.69, 9.17) is 9.15 Å². The predicted molar refractivity (Wildman–Crippen MR) is 110 cm³/mol. The molecule has 30 heavy (non-hydrogen) atoms. The van der Waals surface area contributed by atoms with Gasteiger partial charge in [0.05, 0.1) is 28.5 Å². The lowest BCUT2D eigenvalue weighted by Gasteiger charge is -2.24. The van der Waals surface area contributed by atoms with Crippen molar-refractivity contribution < 1.29 is 18.9 Å². The zero-order valence-corrected chi connectivity index (χ0v) is 16.8. The number of methoxy groups -OCH3 is 1. The predicted octanol–water partition coefficient (Wildman–Crippen LogP) is 3.51. The van der Waals surface area contributed by atoms with E-state index in [0.717, 1.165) is 11.1 Å². The highest BCUT2D eigenvalue weighted by Gasteiger charge is 2.42. The lowest BCUT2D eigenvalue weighted by atomic mass is 9.97. The van der Waals surface area contributed by atoms with Crippen molar-refractivity contribution in [3.05, 3.63) is 84.7 Å². The first kappa shape index (κ1) is 19.8. The number of nitrogens with zero attached hydrogens (tertiary/aromatic N) is 2.